The summed E-state index contributed by atoms with van der Waals surface area (Å²) in [5, 5.41) is 0. The Hall–Kier alpha value is -1.22. The van der Waals surface area contributed by atoms with Crippen LogP contribution in [-0.4, -0.2) is 19.8 Å². The second-order valence-corrected chi connectivity index (χ2v) is 4.22. The molecule has 1 aromatic rings. The summed E-state index contributed by atoms with van der Waals surface area (Å²) in [6.45, 7) is 4.89. The van der Waals surface area contributed by atoms with E-state index in [9.17, 15) is 0 Å². The highest BCUT2D eigenvalue weighted by Crippen LogP contribution is 2.19. The lowest BCUT2D eigenvalue weighted by Crippen LogP contribution is -2.28. The first-order valence-corrected chi connectivity index (χ1v) is 5.66. The standard InChI is InChI=1S/C13H21NO2/c1-10(2)13(14)7-8-16-12-6-4-5-11(9-12)15-3/h4-6,9-10,13H,7-8,14H2,1-3H3. The van der Waals surface area contributed by atoms with Gasteiger partial charge in [0.1, 0.15) is 11.5 Å². The van der Waals surface area contributed by atoms with Gasteiger partial charge in [-0.25, -0.2) is 0 Å². The number of ether oxygens (including phenoxy) is 2. The summed E-state index contributed by atoms with van der Waals surface area (Å²) in [6.07, 6.45) is 0.870. The molecular weight excluding hydrogens is 202 g/mol. The Balaban J connectivity index is 2.37. The van der Waals surface area contributed by atoms with Crippen LogP contribution in [0.4, 0.5) is 0 Å². The fraction of sp³-hybridized carbons (Fsp3) is 0.538. The van der Waals surface area contributed by atoms with Crippen molar-refractivity contribution in [3.63, 3.8) is 0 Å². The zero-order chi connectivity index (χ0) is 12.0. The Morgan fingerprint density at radius 2 is 1.94 bits per heavy atom. The SMILES string of the molecule is COc1cccc(OCCC(N)C(C)C)c1. The minimum Gasteiger partial charge on any atom is -0.497 e. The van der Waals surface area contributed by atoms with Crippen molar-refractivity contribution in [2.75, 3.05) is 13.7 Å². The molecule has 0 aliphatic rings. The van der Waals surface area contributed by atoms with Crippen molar-refractivity contribution in [2.24, 2.45) is 11.7 Å². The molecule has 1 rings (SSSR count). The summed E-state index contributed by atoms with van der Waals surface area (Å²) in [4.78, 5) is 0. The molecule has 0 saturated heterocycles. The number of hydrogen-bond acceptors (Lipinski definition) is 3. The molecule has 0 amide bonds. The molecule has 0 bridgehead atoms. The van der Waals surface area contributed by atoms with Gasteiger partial charge in [-0.2, -0.15) is 0 Å². The van der Waals surface area contributed by atoms with E-state index in [-0.39, 0.29) is 6.04 Å². The number of benzene rings is 1. The van der Waals surface area contributed by atoms with E-state index in [0.29, 0.717) is 12.5 Å². The van der Waals surface area contributed by atoms with E-state index in [2.05, 4.69) is 13.8 Å². The molecule has 0 fully saturated rings. The van der Waals surface area contributed by atoms with E-state index >= 15 is 0 Å². The Morgan fingerprint density at radius 1 is 1.25 bits per heavy atom. The smallest absolute Gasteiger partial charge is 0.122 e. The highest BCUT2D eigenvalue weighted by Gasteiger charge is 2.07. The first-order chi connectivity index (χ1) is 7.63. The van der Waals surface area contributed by atoms with Crippen molar-refractivity contribution in [1.29, 1.82) is 0 Å². The molecule has 3 nitrogen and oxygen atoms in total. The third-order valence-corrected chi connectivity index (χ3v) is 2.62. The maximum atomic E-state index is 5.93. The first-order valence-electron chi connectivity index (χ1n) is 5.66. The van der Waals surface area contributed by atoms with Crippen molar-refractivity contribution in [3.8, 4) is 11.5 Å². The maximum Gasteiger partial charge on any atom is 0.122 e. The first kappa shape index (κ1) is 12.8. The van der Waals surface area contributed by atoms with Crippen LogP contribution < -0.4 is 15.2 Å². The predicted molar refractivity (Wildman–Crippen MR) is 65.9 cm³/mol. The van der Waals surface area contributed by atoms with Crippen LogP contribution in [0.25, 0.3) is 0 Å². The second kappa shape index (κ2) is 6.38. The van der Waals surface area contributed by atoms with Crippen LogP contribution in [0.2, 0.25) is 0 Å². The average molecular weight is 223 g/mol. The molecule has 3 heteroatoms. The van der Waals surface area contributed by atoms with Gasteiger partial charge in [-0.15, -0.1) is 0 Å². The van der Waals surface area contributed by atoms with Crippen LogP contribution in [0.3, 0.4) is 0 Å². The van der Waals surface area contributed by atoms with Crippen molar-refractivity contribution in [3.05, 3.63) is 24.3 Å². The Kier molecular flexibility index (Phi) is 5.12. The molecule has 1 unspecified atom stereocenters. The van der Waals surface area contributed by atoms with Crippen molar-refractivity contribution < 1.29 is 9.47 Å². The fourth-order valence-corrected chi connectivity index (χ4v) is 1.34. The van der Waals surface area contributed by atoms with Gasteiger partial charge in [0.25, 0.3) is 0 Å². The third kappa shape index (κ3) is 4.11. The van der Waals surface area contributed by atoms with Gasteiger partial charge in [-0.1, -0.05) is 19.9 Å². The van der Waals surface area contributed by atoms with Crippen LogP contribution in [0.15, 0.2) is 24.3 Å². The quantitative estimate of drug-likeness (QED) is 0.805. The number of methoxy groups -OCH3 is 1. The summed E-state index contributed by atoms with van der Waals surface area (Å²) < 4.78 is 10.7. The Bertz CT molecular complexity index is 313. The van der Waals surface area contributed by atoms with Crippen LogP contribution in [0.5, 0.6) is 11.5 Å². The molecule has 0 aliphatic heterocycles. The number of rotatable bonds is 6. The average Bonchev–Trinajstić information content (AvgIpc) is 2.29. The number of nitrogens with two attached hydrogens (primary N) is 1. The maximum absolute atomic E-state index is 5.93. The number of hydrogen-bond donors (Lipinski definition) is 1. The summed E-state index contributed by atoms with van der Waals surface area (Å²) in [5.41, 5.74) is 5.93. The van der Waals surface area contributed by atoms with Gasteiger partial charge in [0.15, 0.2) is 0 Å². The molecule has 0 radical (unpaired) electrons. The molecule has 0 aromatic heterocycles. The van der Waals surface area contributed by atoms with Gasteiger partial charge in [-0.05, 0) is 24.5 Å². The van der Waals surface area contributed by atoms with E-state index < -0.39 is 0 Å². The summed E-state index contributed by atoms with van der Waals surface area (Å²) >= 11 is 0. The lowest BCUT2D eigenvalue weighted by Gasteiger charge is -2.15. The molecule has 0 aliphatic carbocycles. The minimum absolute atomic E-state index is 0.200. The molecule has 0 saturated carbocycles. The molecule has 1 aromatic carbocycles. The molecule has 16 heavy (non-hydrogen) atoms. The van der Waals surface area contributed by atoms with E-state index in [0.717, 1.165) is 17.9 Å². The Labute approximate surface area is 97.6 Å². The molecule has 0 heterocycles. The second-order valence-electron chi connectivity index (χ2n) is 4.22. The van der Waals surface area contributed by atoms with Crippen LogP contribution in [-0.2, 0) is 0 Å². The third-order valence-electron chi connectivity index (χ3n) is 2.62. The molecule has 90 valence electrons. The Morgan fingerprint density at radius 3 is 2.56 bits per heavy atom. The van der Waals surface area contributed by atoms with Crippen LogP contribution >= 0.6 is 0 Å². The molecule has 0 spiro atoms. The topological polar surface area (TPSA) is 44.5 Å². The highest BCUT2D eigenvalue weighted by molar-refractivity contribution is 5.32. The van der Waals surface area contributed by atoms with Crippen LogP contribution in [0.1, 0.15) is 20.3 Å². The van der Waals surface area contributed by atoms with Crippen molar-refractivity contribution in [1.82, 2.24) is 0 Å². The van der Waals surface area contributed by atoms with E-state index in [4.69, 9.17) is 15.2 Å². The predicted octanol–water partition coefficient (Wildman–Crippen LogP) is 2.45. The van der Waals surface area contributed by atoms with Gasteiger partial charge >= 0.3 is 0 Å². The molecule has 2 N–H and O–H groups in total. The summed E-state index contributed by atoms with van der Waals surface area (Å²) in [7, 11) is 1.65. The summed E-state index contributed by atoms with van der Waals surface area (Å²) in [6, 6.07) is 7.80. The normalized spacial score (nSPS) is 12.6. The van der Waals surface area contributed by atoms with Crippen molar-refractivity contribution >= 4 is 0 Å². The van der Waals surface area contributed by atoms with Crippen molar-refractivity contribution in [2.45, 2.75) is 26.3 Å². The fourth-order valence-electron chi connectivity index (χ4n) is 1.34. The largest absolute Gasteiger partial charge is 0.497 e. The van der Waals surface area contributed by atoms with Crippen LogP contribution in [0, 0.1) is 5.92 Å². The lowest BCUT2D eigenvalue weighted by molar-refractivity contribution is 0.281. The highest BCUT2D eigenvalue weighted by atomic mass is 16.5. The zero-order valence-electron chi connectivity index (χ0n) is 10.3. The van der Waals surface area contributed by atoms with Gasteiger partial charge < -0.3 is 15.2 Å². The molecular formula is C13H21NO2. The van der Waals surface area contributed by atoms with E-state index in [1.54, 1.807) is 7.11 Å². The van der Waals surface area contributed by atoms with Gasteiger partial charge in [0.05, 0.1) is 13.7 Å². The summed E-state index contributed by atoms with van der Waals surface area (Å²) in [5.74, 6) is 2.13. The lowest BCUT2D eigenvalue weighted by atomic mass is 10.0. The molecule has 1 atom stereocenters. The van der Waals surface area contributed by atoms with E-state index in [1.165, 1.54) is 0 Å². The van der Waals surface area contributed by atoms with Gasteiger partial charge in [0.2, 0.25) is 0 Å². The van der Waals surface area contributed by atoms with Gasteiger partial charge in [-0.3, -0.25) is 0 Å². The minimum atomic E-state index is 0.200. The van der Waals surface area contributed by atoms with Gasteiger partial charge in [0, 0.05) is 12.1 Å². The van der Waals surface area contributed by atoms with E-state index in [1.807, 2.05) is 24.3 Å². The monoisotopic (exact) mass is 223 g/mol. The zero-order valence-corrected chi connectivity index (χ0v) is 10.3.